The minimum Gasteiger partial charge on any atom is -0.378 e. The smallest absolute Gasteiger partial charge is 0.265 e. The highest BCUT2D eigenvalue weighted by Gasteiger charge is 2.22. The van der Waals surface area contributed by atoms with Crippen molar-refractivity contribution >= 4 is 21.4 Å². The number of sulfonamides is 1. The van der Waals surface area contributed by atoms with Crippen molar-refractivity contribution in [2.45, 2.75) is 18.7 Å². The van der Waals surface area contributed by atoms with E-state index >= 15 is 0 Å². The average molecular weight is 336 g/mol. The summed E-state index contributed by atoms with van der Waals surface area (Å²) in [4.78, 5) is 2.38. The van der Waals surface area contributed by atoms with Crippen LogP contribution >= 0.6 is 0 Å². The van der Waals surface area contributed by atoms with Gasteiger partial charge in [-0.05, 0) is 32.0 Å². The summed E-state index contributed by atoms with van der Waals surface area (Å²) >= 11 is 0. The Bertz CT molecular complexity index is 775. The van der Waals surface area contributed by atoms with E-state index in [4.69, 9.17) is 4.74 Å². The summed E-state index contributed by atoms with van der Waals surface area (Å²) in [5.41, 5.74) is 2.50. The van der Waals surface area contributed by atoms with Gasteiger partial charge in [-0.2, -0.15) is 5.10 Å². The molecular weight excluding hydrogens is 316 g/mol. The molecule has 1 aliphatic rings. The van der Waals surface area contributed by atoms with Gasteiger partial charge in [-0.1, -0.05) is 6.07 Å². The number of H-pyrrole nitrogens is 1. The predicted molar refractivity (Wildman–Crippen MR) is 88.3 cm³/mol. The number of aromatic amines is 1. The van der Waals surface area contributed by atoms with Crippen LogP contribution in [-0.4, -0.2) is 44.9 Å². The fraction of sp³-hybridized carbons (Fsp3) is 0.400. The molecule has 3 rings (SSSR count). The number of nitrogens with zero attached hydrogens (tertiary/aromatic N) is 2. The van der Waals surface area contributed by atoms with Gasteiger partial charge in [0.2, 0.25) is 0 Å². The Morgan fingerprint density at radius 2 is 2.00 bits per heavy atom. The Balaban J connectivity index is 1.85. The number of ether oxygens (including phenoxy) is 1. The number of anilines is 2. The lowest BCUT2D eigenvalue weighted by molar-refractivity contribution is 0.122. The van der Waals surface area contributed by atoms with Gasteiger partial charge in [-0.3, -0.25) is 9.82 Å². The second-order valence-corrected chi connectivity index (χ2v) is 7.14. The van der Waals surface area contributed by atoms with Gasteiger partial charge >= 0.3 is 0 Å². The van der Waals surface area contributed by atoms with Crippen molar-refractivity contribution in [2.75, 3.05) is 35.9 Å². The zero-order valence-electron chi connectivity index (χ0n) is 13.2. The third kappa shape index (κ3) is 3.32. The summed E-state index contributed by atoms with van der Waals surface area (Å²) in [6, 6.07) is 7.40. The van der Waals surface area contributed by atoms with Crippen LogP contribution in [0.4, 0.5) is 11.4 Å². The van der Waals surface area contributed by atoms with E-state index in [0.717, 1.165) is 18.8 Å². The molecule has 2 heterocycles. The Morgan fingerprint density at radius 1 is 1.26 bits per heavy atom. The van der Waals surface area contributed by atoms with Gasteiger partial charge in [0, 0.05) is 18.8 Å². The fourth-order valence-corrected chi connectivity index (χ4v) is 4.15. The highest BCUT2D eigenvalue weighted by atomic mass is 32.2. The van der Waals surface area contributed by atoms with Crippen LogP contribution < -0.4 is 9.62 Å². The molecule has 1 aromatic carbocycles. The lowest BCUT2D eigenvalue weighted by Crippen LogP contribution is -2.36. The molecule has 0 atom stereocenters. The first-order valence-electron chi connectivity index (χ1n) is 7.44. The number of benzene rings is 1. The zero-order valence-corrected chi connectivity index (χ0v) is 14.0. The fourth-order valence-electron chi connectivity index (χ4n) is 2.73. The Kier molecular flexibility index (Phi) is 4.27. The predicted octanol–water partition coefficient (Wildman–Crippen LogP) is 1.66. The van der Waals surface area contributed by atoms with Gasteiger partial charge in [-0.25, -0.2) is 8.42 Å². The lowest BCUT2D eigenvalue weighted by atomic mass is 10.2. The van der Waals surface area contributed by atoms with Crippen LogP contribution in [0.1, 0.15) is 11.4 Å². The van der Waals surface area contributed by atoms with E-state index in [9.17, 15) is 8.42 Å². The number of nitrogens with one attached hydrogen (secondary N) is 2. The molecule has 2 N–H and O–H groups in total. The SMILES string of the molecule is Cc1n[nH]c(C)c1S(=O)(=O)Nc1cccc(N2CCOCC2)c1. The van der Waals surface area contributed by atoms with Crippen LogP contribution in [0.2, 0.25) is 0 Å². The molecule has 0 spiro atoms. The summed E-state index contributed by atoms with van der Waals surface area (Å²) in [6.45, 7) is 6.33. The van der Waals surface area contributed by atoms with Crippen molar-refractivity contribution in [3.8, 4) is 0 Å². The molecule has 1 aliphatic heterocycles. The van der Waals surface area contributed by atoms with Crippen molar-refractivity contribution in [3.05, 3.63) is 35.7 Å². The first-order chi connectivity index (χ1) is 11.0. The quantitative estimate of drug-likeness (QED) is 0.887. The second-order valence-electron chi connectivity index (χ2n) is 5.52. The van der Waals surface area contributed by atoms with Crippen molar-refractivity contribution in [3.63, 3.8) is 0 Å². The highest BCUT2D eigenvalue weighted by molar-refractivity contribution is 7.92. The van der Waals surface area contributed by atoms with Crippen molar-refractivity contribution in [1.29, 1.82) is 0 Å². The van der Waals surface area contributed by atoms with E-state index in [2.05, 4.69) is 19.8 Å². The van der Waals surface area contributed by atoms with Crippen molar-refractivity contribution < 1.29 is 13.2 Å². The molecule has 2 aromatic rings. The summed E-state index contributed by atoms with van der Waals surface area (Å²) in [5, 5.41) is 6.65. The summed E-state index contributed by atoms with van der Waals surface area (Å²) in [5.74, 6) is 0. The standard InChI is InChI=1S/C15H20N4O3S/c1-11-15(12(2)17-16-11)23(20,21)18-13-4-3-5-14(10-13)19-6-8-22-9-7-19/h3-5,10,18H,6-9H2,1-2H3,(H,16,17). The van der Waals surface area contributed by atoms with Crippen LogP contribution in [0.15, 0.2) is 29.2 Å². The third-order valence-electron chi connectivity index (χ3n) is 3.80. The van der Waals surface area contributed by atoms with Crippen LogP contribution in [0, 0.1) is 13.8 Å². The first-order valence-corrected chi connectivity index (χ1v) is 8.93. The van der Waals surface area contributed by atoms with Gasteiger partial charge in [0.1, 0.15) is 4.90 Å². The molecule has 0 unspecified atom stereocenters. The maximum absolute atomic E-state index is 12.6. The second kappa shape index (κ2) is 6.21. The monoisotopic (exact) mass is 336 g/mol. The summed E-state index contributed by atoms with van der Waals surface area (Å²) < 4.78 is 33.2. The van der Waals surface area contributed by atoms with E-state index in [1.807, 2.05) is 18.2 Å². The Morgan fingerprint density at radius 3 is 2.65 bits per heavy atom. The largest absolute Gasteiger partial charge is 0.378 e. The molecule has 0 saturated carbocycles. The van der Waals surface area contributed by atoms with E-state index in [1.54, 1.807) is 19.9 Å². The van der Waals surface area contributed by atoms with Crippen LogP contribution in [0.5, 0.6) is 0 Å². The maximum atomic E-state index is 12.6. The van der Waals surface area contributed by atoms with Crippen molar-refractivity contribution in [2.24, 2.45) is 0 Å². The Labute approximate surface area is 135 Å². The van der Waals surface area contributed by atoms with Crippen LogP contribution in [-0.2, 0) is 14.8 Å². The van der Waals surface area contributed by atoms with Crippen LogP contribution in [0.3, 0.4) is 0 Å². The van der Waals surface area contributed by atoms with Gasteiger partial charge < -0.3 is 9.64 Å². The van der Waals surface area contributed by atoms with E-state index in [-0.39, 0.29) is 4.90 Å². The highest BCUT2D eigenvalue weighted by Crippen LogP contribution is 2.24. The summed E-state index contributed by atoms with van der Waals surface area (Å²) in [7, 11) is -3.67. The van der Waals surface area contributed by atoms with Gasteiger partial charge in [-0.15, -0.1) is 0 Å². The number of hydrogen-bond donors (Lipinski definition) is 2. The minimum atomic E-state index is -3.67. The molecule has 23 heavy (non-hydrogen) atoms. The van der Waals surface area contributed by atoms with Crippen LogP contribution in [0.25, 0.3) is 0 Å². The molecule has 0 radical (unpaired) electrons. The van der Waals surface area contributed by atoms with E-state index < -0.39 is 10.0 Å². The van der Waals surface area contributed by atoms with E-state index in [0.29, 0.717) is 30.3 Å². The third-order valence-corrected chi connectivity index (χ3v) is 5.45. The number of aromatic nitrogens is 2. The van der Waals surface area contributed by atoms with Gasteiger partial charge in [0.05, 0.1) is 30.3 Å². The van der Waals surface area contributed by atoms with Gasteiger partial charge in [0.15, 0.2) is 0 Å². The first kappa shape index (κ1) is 15.8. The molecular formula is C15H20N4O3S. The molecule has 1 saturated heterocycles. The van der Waals surface area contributed by atoms with Crippen molar-refractivity contribution in [1.82, 2.24) is 10.2 Å². The molecule has 0 aliphatic carbocycles. The number of rotatable bonds is 4. The minimum absolute atomic E-state index is 0.203. The number of hydrogen-bond acceptors (Lipinski definition) is 5. The molecule has 1 aromatic heterocycles. The molecule has 0 amide bonds. The molecule has 7 nitrogen and oxygen atoms in total. The molecule has 8 heteroatoms. The summed E-state index contributed by atoms with van der Waals surface area (Å²) in [6.07, 6.45) is 0. The molecule has 124 valence electrons. The average Bonchev–Trinajstić information content (AvgIpc) is 2.88. The molecule has 0 bridgehead atoms. The number of morpholine rings is 1. The lowest BCUT2D eigenvalue weighted by Gasteiger charge is -2.29. The maximum Gasteiger partial charge on any atom is 0.265 e. The number of aryl methyl sites for hydroxylation is 2. The van der Waals surface area contributed by atoms with E-state index in [1.165, 1.54) is 0 Å². The van der Waals surface area contributed by atoms with Gasteiger partial charge in [0.25, 0.3) is 10.0 Å². The Hall–Kier alpha value is -2.06. The normalized spacial score (nSPS) is 15.7. The zero-order chi connectivity index (χ0) is 16.4. The molecule has 1 fully saturated rings. The topological polar surface area (TPSA) is 87.3 Å².